The molecule has 7 heteroatoms. The van der Waals surface area contributed by atoms with Gasteiger partial charge in [0.2, 0.25) is 5.91 Å². The van der Waals surface area contributed by atoms with Gasteiger partial charge in [-0.25, -0.2) is 4.98 Å². The van der Waals surface area contributed by atoms with Gasteiger partial charge in [-0.2, -0.15) is 0 Å². The second-order valence-corrected chi connectivity index (χ2v) is 5.52. The standard InChI is InChI=1S/C17H18N4O3/c1-21-14-8-12(9-18-16(14)19-10-15(21)23)17(24)20-13-4-2-11(3-5-13)6-7-22/h2-5,8-9,22H,6-7,10H2,1H3,(H,18,19)(H,20,24). The molecule has 2 heterocycles. The Bertz CT molecular complexity index is 774. The zero-order valence-electron chi connectivity index (χ0n) is 13.2. The highest BCUT2D eigenvalue weighted by Gasteiger charge is 2.22. The van der Waals surface area contributed by atoms with E-state index in [4.69, 9.17) is 5.11 Å². The molecule has 0 fully saturated rings. The Morgan fingerprint density at radius 3 is 2.83 bits per heavy atom. The van der Waals surface area contributed by atoms with Crippen LogP contribution in [0.1, 0.15) is 15.9 Å². The summed E-state index contributed by atoms with van der Waals surface area (Å²) in [6.07, 6.45) is 2.06. The van der Waals surface area contributed by atoms with E-state index in [1.54, 1.807) is 25.2 Å². The summed E-state index contributed by atoms with van der Waals surface area (Å²) >= 11 is 0. The molecule has 1 aliphatic heterocycles. The topological polar surface area (TPSA) is 94.6 Å². The van der Waals surface area contributed by atoms with E-state index in [2.05, 4.69) is 15.6 Å². The van der Waals surface area contributed by atoms with Gasteiger partial charge >= 0.3 is 0 Å². The fraction of sp³-hybridized carbons (Fsp3) is 0.235. The van der Waals surface area contributed by atoms with Crippen LogP contribution in [-0.2, 0) is 11.2 Å². The third kappa shape index (κ3) is 3.21. The third-order valence-electron chi connectivity index (χ3n) is 3.88. The van der Waals surface area contributed by atoms with Crippen molar-refractivity contribution in [1.82, 2.24) is 4.98 Å². The number of rotatable bonds is 4. The number of aromatic nitrogens is 1. The van der Waals surface area contributed by atoms with Crippen molar-refractivity contribution in [2.45, 2.75) is 6.42 Å². The maximum atomic E-state index is 12.4. The van der Waals surface area contributed by atoms with Gasteiger partial charge in [0.05, 0.1) is 17.8 Å². The van der Waals surface area contributed by atoms with Crippen LogP contribution in [0.25, 0.3) is 0 Å². The molecule has 1 aromatic heterocycles. The summed E-state index contributed by atoms with van der Waals surface area (Å²) in [5, 5.41) is 14.6. The van der Waals surface area contributed by atoms with Gasteiger partial charge in [-0.3, -0.25) is 9.59 Å². The third-order valence-corrected chi connectivity index (χ3v) is 3.88. The molecule has 2 amide bonds. The van der Waals surface area contributed by atoms with Gasteiger partial charge in [-0.05, 0) is 30.2 Å². The second-order valence-electron chi connectivity index (χ2n) is 5.52. The summed E-state index contributed by atoms with van der Waals surface area (Å²) in [6.45, 7) is 0.287. The van der Waals surface area contributed by atoms with Crippen LogP contribution < -0.4 is 15.5 Å². The number of fused-ring (bicyclic) bond motifs is 1. The summed E-state index contributed by atoms with van der Waals surface area (Å²) in [4.78, 5) is 29.8. The SMILES string of the molecule is CN1C(=O)CNc2ncc(C(=O)Nc3ccc(CCO)cc3)cc21. The van der Waals surface area contributed by atoms with Crippen molar-refractivity contribution in [3.8, 4) is 0 Å². The number of nitrogens with zero attached hydrogens (tertiary/aromatic N) is 2. The minimum atomic E-state index is -0.299. The first-order chi connectivity index (χ1) is 11.6. The van der Waals surface area contributed by atoms with Gasteiger partial charge in [-0.1, -0.05) is 12.1 Å². The van der Waals surface area contributed by atoms with Crippen LogP contribution >= 0.6 is 0 Å². The van der Waals surface area contributed by atoms with E-state index >= 15 is 0 Å². The average Bonchev–Trinajstić information content (AvgIpc) is 2.60. The van der Waals surface area contributed by atoms with Gasteiger partial charge in [-0.15, -0.1) is 0 Å². The Balaban J connectivity index is 1.77. The number of hydrogen-bond donors (Lipinski definition) is 3. The highest BCUT2D eigenvalue weighted by atomic mass is 16.3. The molecular formula is C17H18N4O3. The smallest absolute Gasteiger partial charge is 0.257 e. The number of nitrogens with one attached hydrogen (secondary N) is 2. The van der Waals surface area contributed by atoms with E-state index in [0.717, 1.165) is 5.56 Å². The number of aliphatic hydroxyl groups is 1. The maximum absolute atomic E-state index is 12.4. The Hall–Kier alpha value is -2.93. The van der Waals surface area contributed by atoms with E-state index in [9.17, 15) is 9.59 Å². The number of aliphatic hydroxyl groups excluding tert-OH is 1. The monoisotopic (exact) mass is 326 g/mol. The maximum Gasteiger partial charge on any atom is 0.257 e. The first kappa shape index (κ1) is 15.9. The molecule has 0 atom stereocenters. The Labute approximate surface area is 139 Å². The molecule has 124 valence electrons. The zero-order chi connectivity index (χ0) is 17.1. The van der Waals surface area contributed by atoms with Crippen LogP contribution in [0.15, 0.2) is 36.5 Å². The molecule has 0 saturated carbocycles. The Morgan fingerprint density at radius 1 is 1.38 bits per heavy atom. The van der Waals surface area contributed by atoms with Crippen molar-refractivity contribution in [1.29, 1.82) is 0 Å². The normalized spacial score (nSPS) is 13.2. The van der Waals surface area contributed by atoms with E-state index < -0.39 is 0 Å². The second kappa shape index (κ2) is 6.67. The average molecular weight is 326 g/mol. The number of carbonyl (C=O) groups is 2. The van der Waals surface area contributed by atoms with Gasteiger partial charge in [0.15, 0.2) is 0 Å². The molecule has 1 aliphatic rings. The molecule has 24 heavy (non-hydrogen) atoms. The van der Waals surface area contributed by atoms with Crippen molar-refractivity contribution in [3.63, 3.8) is 0 Å². The summed E-state index contributed by atoms with van der Waals surface area (Å²) in [5.74, 6) is 0.204. The lowest BCUT2D eigenvalue weighted by molar-refractivity contribution is -0.116. The number of carbonyl (C=O) groups excluding carboxylic acids is 2. The first-order valence-electron chi connectivity index (χ1n) is 7.60. The summed E-state index contributed by atoms with van der Waals surface area (Å²) in [7, 11) is 1.66. The van der Waals surface area contributed by atoms with E-state index in [1.807, 2.05) is 12.1 Å². The lowest BCUT2D eigenvalue weighted by Crippen LogP contribution is -2.37. The fourth-order valence-electron chi connectivity index (χ4n) is 2.47. The molecule has 0 spiro atoms. The van der Waals surface area contributed by atoms with Crippen molar-refractivity contribution >= 4 is 29.0 Å². The molecule has 0 saturated heterocycles. The summed E-state index contributed by atoms with van der Waals surface area (Å²) in [6, 6.07) is 8.92. The van der Waals surface area contributed by atoms with Gasteiger partial charge in [0.25, 0.3) is 5.91 Å². The largest absolute Gasteiger partial charge is 0.396 e. The van der Waals surface area contributed by atoms with Crippen LogP contribution in [0.2, 0.25) is 0 Å². The van der Waals surface area contributed by atoms with E-state index in [-0.39, 0.29) is 25.0 Å². The van der Waals surface area contributed by atoms with E-state index in [0.29, 0.717) is 29.2 Å². The van der Waals surface area contributed by atoms with Gasteiger partial charge in [0, 0.05) is 25.5 Å². The number of pyridine rings is 1. The number of amides is 2. The molecular weight excluding hydrogens is 308 g/mol. The van der Waals surface area contributed by atoms with Crippen LogP contribution in [0.4, 0.5) is 17.2 Å². The molecule has 0 bridgehead atoms. The molecule has 0 unspecified atom stereocenters. The van der Waals surface area contributed by atoms with Gasteiger partial charge in [0.1, 0.15) is 5.82 Å². The highest BCUT2D eigenvalue weighted by Crippen LogP contribution is 2.27. The van der Waals surface area contributed by atoms with Crippen molar-refractivity contribution in [3.05, 3.63) is 47.7 Å². The summed E-state index contributed by atoms with van der Waals surface area (Å²) < 4.78 is 0. The quantitative estimate of drug-likeness (QED) is 0.786. The first-order valence-corrected chi connectivity index (χ1v) is 7.60. The predicted molar refractivity (Wildman–Crippen MR) is 91.3 cm³/mol. The van der Waals surface area contributed by atoms with Gasteiger partial charge < -0.3 is 20.6 Å². The molecule has 0 aliphatic carbocycles. The number of likely N-dealkylation sites (N-methyl/N-ethyl adjacent to an activating group) is 1. The summed E-state index contributed by atoms with van der Waals surface area (Å²) in [5.41, 5.74) is 2.60. The van der Waals surface area contributed by atoms with Crippen molar-refractivity contribution in [2.24, 2.45) is 0 Å². The number of anilines is 3. The van der Waals surface area contributed by atoms with Crippen LogP contribution in [0.3, 0.4) is 0 Å². The minimum Gasteiger partial charge on any atom is -0.396 e. The lowest BCUT2D eigenvalue weighted by Gasteiger charge is -2.26. The van der Waals surface area contributed by atoms with Crippen LogP contribution in [-0.4, -0.2) is 42.1 Å². The lowest BCUT2D eigenvalue weighted by atomic mass is 10.1. The van der Waals surface area contributed by atoms with Crippen molar-refractivity contribution < 1.29 is 14.7 Å². The number of benzene rings is 1. The Kier molecular flexibility index (Phi) is 4.43. The Morgan fingerprint density at radius 2 is 2.12 bits per heavy atom. The molecule has 2 aromatic rings. The van der Waals surface area contributed by atoms with Crippen LogP contribution in [0, 0.1) is 0 Å². The highest BCUT2D eigenvalue weighted by molar-refractivity contribution is 6.07. The molecule has 1 aromatic carbocycles. The number of hydrogen-bond acceptors (Lipinski definition) is 5. The molecule has 0 radical (unpaired) electrons. The predicted octanol–water partition coefficient (Wildman–Crippen LogP) is 1.26. The molecule has 3 N–H and O–H groups in total. The van der Waals surface area contributed by atoms with Crippen LogP contribution in [0.5, 0.6) is 0 Å². The molecule has 7 nitrogen and oxygen atoms in total. The fourth-order valence-corrected chi connectivity index (χ4v) is 2.47. The zero-order valence-corrected chi connectivity index (χ0v) is 13.2. The minimum absolute atomic E-state index is 0.0821. The van der Waals surface area contributed by atoms with E-state index in [1.165, 1.54) is 11.1 Å². The molecule has 3 rings (SSSR count). The van der Waals surface area contributed by atoms with Crippen molar-refractivity contribution in [2.75, 3.05) is 35.7 Å².